The van der Waals surface area contributed by atoms with E-state index >= 15 is 0 Å². The van der Waals surface area contributed by atoms with Crippen LogP contribution in [0.15, 0.2) is 220 Å². The van der Waals surface area contributed by atoms with Crippen LogP contribution in [-0.2, 0) is 11.3 Å². The van der Waals surface area contributed by atoms with E-state index in [1.165, 1.54) is 109 Å². The number of nitrogens with one attached hydrogen (secondary N) is 8. The SMILES string of the molecule is O=C(Nc1ccc(N2CCCCC2)nc1)c1n[nH]c2ccc(-c3cncc(CN4CCC(F)(F)CC4)c3)cc12.O=C(Nc1ccc(N2CCCCC2)nc1)c1n[nH]c2ccc(-c3cncc(N4CCCC4)c3)cc12.O=C(Nc1ccc(N2CCCCC2)nc1)c1n[nH]c2ccc(-c3cncc(N4CCCCC4)c3)cc12.O=C(Nc1ccc(N2CCCCC2)nc1)c1n[nH]c2ccc(-c3cncc(N4CCOCC4)c3)cc12. The van der Waals surface area contributed by atoms with Gasteiger partial charge in [0.15, 0.2) is 22.8 Å². The van der Waals surface area contributed by atoms with E-state index in [4.69, 9.17) is 4.74 Å². The van der Waals surface area contributed by atoms with E-state index in [2.05, 4.69) is 154 Å². The number of amides is 4. The molecule has 16 aromatic rings. The van der Waals surface area contributed by atoms with E-state index in [0.29, 0.717) is 70.5 Å². The summed E-state index contributed by atoms with van der Waals surface area (Å²) in [5, 5.41) is 43.9. The van der Waals surface area contributed by atoms with E-state index in [9.17, 15) is 28.0 Å². The zero-order chi connectivity index (χ0) is 99.1. The largest absolute Gasteiger partial charge is 0.378 e. The number of carbonyl (C=O) groups is 4. The van der Waals surface area contributed by atoms with Crippen LogP contribution >= 0.6 is 0 Å². The lowest BCUT2D eigenvalue weighted by atomic mass is 10.0. The zero-order valence-electron chi connectivity index (χ0n) is 81.9. The summed E-state index contributed by atoms with van der Waals surface area (Å²) in [6.07, 6.45) is 42.3. The van der Waals surface area contributed by atoms with Crippen LogP contribution in [0.3, 0.4) is 0 Å². The van der Waals surface area contributed by atoms with Crippen LogP contribution < -0.4 is 55.6 Å². The van der Waals surface area contributed by atoms with Gasteiger partial charge in [0.1, 0.15) is 23.3 Å². The number of hydrogen-bond acceptors (Lipinski definition) is 25. The molecule has 0 atom stereocenters. The van der Waals surface area contributed by atoms with Gasteiger partial charge in [-0.3, -0.25) is 64.4 Å². The maximum atomic E-state index is 13.5. The summed E-state index contributed by atoms with van der Waals surface area (Å²) < 4.78 is 32.5. The molecule has 24 rings (SSSR count). The van der Waals surface area contributed by atoms with Crippen molar-refractivity contribution < 1.29 is 32.7 Å². The second kappa shape index (κ2) is 45.0. The highest BCUT2D eigenvalue weighted by Gasteiger charge is 2.35. The number of aromatic amines is 4. The second-order valence-electron chi connectivity index (χ2n) is 38.8. The lowest BCUT2D eigenvalue weighted by Crippen LogP contribution is -2.38. The maximum absolute atomic E-state index is 13.5. The number of morpholine rings is 1. The van der Waals surface area contributed by atoms with Gasteiger partial charge >= 0.3 is 0 Å². The minimum absolute atomic E-state index is 0.110. The maximum Gasteiger partial charge on any atom is 0.276 e. The molecule has 12 aromatic heterocycles. The Morgan fingerprint density at radius 1 is 0.281 bits per heavy atom. The molecule has 8 aliphatic heterocycles. The van der Waals surface area contributed by atoms with Crippen molar-refractivity contribution in [1.82, 2.24) is 85.6 Å². The summed E-state index contributed by atoms with van der Waals surface area (Å²) >= 11 is 0. The molecule has 0 aliphatic carbocycles. The number of nitrogens with zero attached hydrogens (tertiary/aromatic N) is 20. The fourth-order valence-corrected chi connectivity index (χ4v) is 20.6. The molecule has 33 nitrogen and oxygen atoms in total. The lowest BCUT2D eigenvalue weighted by molar-refractivity contribution is -0.0566. The minimum Gasteiger partial charge on any atom is -0.378 e. The number of fused-ring (bicyclic) bond motifs is 4. The van der Waals surface area contributed by atoms with E-state index < -0.39 is 5.92 Å². The van der Waals surface area contributed by atoms with Crippen molar-refractivity contribution in [3.63, 3.8) is 0 Å². The number of aromatic nitrogens is 16. The third kappa shape index (κ3) is 23.2. The van der Waals surface area contributed by atoms with E-state index in [1.54, 1.807) is 37.2 Å². The first-order valence-electron chi connectivity index (χ1n) is 51.4. The van der Waals surface area contributed by atoms with Crippen LogP contribution in [0.25, 0.3) is 88.1 Å². The van der Waals surface area contributed by atoms with Crippen molar-refractivity contribution >= 4 is 130 Å². The Morgan fingerprint density at radius 3 is 0.836 bits per heavy atom. The summed E-state index contributed by atoms with van der Waals surface area (Å²) in [5.41, 5.74) is 19.3. The molecule has 8 saturated heterocycles. The molecule has 0 radical (unpaired) electrons. The van der Waals surface area contributed by atoms with E-state index in [0.717, 1.165) is 233 Å². The number of carbonyl (C=O) groups excluding carboxylic acids is 4. The predicted octanol–water partition coefficient (Wildman–Crippen LogP) is 19.7. The Bertz CT molecular complexity index is 7000. The Kier molecular flexibility index (Phi) is 29.7. The molecule has 146 heavy (non-hydrogen) atoms. The molecule has 748 valence electrons. The fraction of sp³-hybridized carbons (Fsp3) is 0.351. The van der Waals surface area contributed by atoms with Crippen molar-refractivity contribution in [2.24, 2.45) is 0 Å². The van der Waals surface area contributed by atoms with Gasteiger partial charge in [-0.25, -0.2) is 28.7 Å². The van der Waals surface area contributed by atoms with Gasteiger partial charge in [-0.15, -0.1) is 0 Å². The zero-order valence-corrected chi connectivity index (χ0v) is 81.9. The first-order chi connectivity index (χ1) is 71.7. The number of hydrogen-bond donors (Lipinski definition) is 8. The number of likely N-dealkylation sites (tertiary alicyclic amines) is 1. The van der Waals surface area contributed by atoms with Gasteiger partial charge in [-0.05, 0) is 258 Å². The van der Waals surface area contributed by atoms with Gasteiger partial charge in [0.2, 0.25) is 0 Å². The molecule has 0 saturated carbocycles. The van der Waals surface area contributed by atoms with Crippen LogP contribution in [0.5, 0.6) is 0 Å². The van der Waals surface area contributed by atoms with E-state index in [-0.39, 0.29) is 36.5 Å². The topological polar surface area (TPSA) is 369 Å². The first-order valence-corrected chi connectivity index (χ1v) is 51.4. The standard InChI is InChI=1S/C29H31F2N7O.C28H31N7O.C27H29N7O2.C27H29N7O/c30-29(31)8-12-37(13-9-29)19-20-14-22(17-32-16-20)21-4-6-25-24(15-21)27(36-35-25)28(39)34-23-5-7-26(33-18-23)38-10-2-1-3-11-38;36-28(31-22-8-10-26(30-18-22)35-13-5-2-6-14-35)27-24-16-20(7-9-25(24)32-33-27)21-15-23(19-29-17-21)34-11-3-1-4-12-34;35-27(30-21-5-7-25(29-17-21)34-8-2-1-3-9-34)26-23-15-19(4-6-24(23)31-32-26)20-14-22(18-28-16-20)33-10-12-36-13-11-33;35-27(30-21-7-9-25(29-17-21)34-12-2-1-3-13-34)26-23-15-19(6-8-24(23)31-32-26)20-14-22(18-28-16-20)33-10-4-5-11-33/h4-7,14-18H,1-3,8-13,19H2,(H,34,39)(H,35,36);7-10,15-19H,1-6,11-14H2,(H,31,36)(H,32,33);4-7,14-18H,1-3,8-13H2,(H,30,35)(H,31,32);6-9,14-18H,1-5,10-13H2,(H,30,35)(H,31,32). The third-order valence-corrected chi connectivity index (χ3v) is 28.7. The van der Waals surface area contributed by atoms with Gasteiger partial charge in [0.25, 0.3) is 29.6 Å². The molecule has 8 aliphatic rings. The monoisotopic (exact) mass is 1960 g/mol. The number of ether oxygens (including phenoxy) is 1. The fourth-order valence-electron chi connectivity index (χ4n) is 20.6. The summed E-state index contributed by atoms with van der Waals surface area (Å²) in [4.78, 5) is 107. The molecule has 8 N–H and O–H groups in total. The number of piperidine rings is 6. The molecular formula is C111H120F2N28O5. The molecule has 0 spiro atoms. The van der Waals surface area contributed by atoms with Crippen molar-refractivity contribution in [2.45, 2.75) is 134 Å². The van der Waals surface area contributed by atoms with Crippen molar-refractivity contribution in [1.29, 1.82) is 0 Å². The molecule has 8 fully saturated rings. The number of alkyl halides is 2. The summed E-state index contributed by atoms with van der Waals surface area (Å²) in [7, 11) is 0. The van der Waals surface area contributed by atoms with Crippen LogP contribution in [-0.4, -0.2) is 233 Å². The average Bonchev–Trinajstić information content (AvgIpc) is 1.64. The number of halogens is 2. The quantitative estimate of drug-likeness (QED) is 0.0331. The predicted molar refractivity (Wildman–Crippen MR) is 570 cm³/mol. The number of anilines is 11. The average molecular weight is 1960 g/mol. The van der Waals surface area contributed by atoms with Crippen LogP contribution in [0.2, 0.25) is 0 Å². The van der Waals surface area contributed by atoms with Crippen LogP contribution in [0, 0.1) is 0 Å². The Hall–Kier alpha value is -15.8. The minimum atomic E-state index is -2.56. The normalized spacial score (nSPS) is 16.7. The van der Waals surface area contributed by atoms with Crippen molar-refractivity contribution in [3.8, 4) is 44.5 Å². The lowest BCUT2D eigenvalue weighted by Gasteiger charge is -2.31. The first kappa shape index (κ1) is 96.4. The van der Waals surface area contributed by atoms with Gasteiger partial charge in [-0.1, -0.05) is 24.3 Å². The molecule has 4 amide bonds. The summed E-state index contributed by atoms with van der Waals surface area (Å²) in [6.45, 7) is 17.0. The van der Waals surface area contributed by atoms with Crippen LogP contribution in [0.1, 0.15) is 170 Å². The number of H-pyrrole nitrogens is 4. The van der Waals surface area contributed by atoms with Gasteiger partial charge in [0.05, 0.1) is 118 Å². The van der Waals surface area contributed by atoms with Crippen molar-refractivity contribution in [3.05, 3.63) is 248 Å². The number of benzene rings is 4. The van der Waals surface area contributed by atoms with Gasteiger partial charge in [-0.2, -0.15) is 20.4 Å². The number of rotatable bonds is 21. The summed E-state index contributed by atoms with van der Waals surface area (Å²) in [5.74, 6) is 0.132. The molecule has 4 aromatic carbocycles. The van der Waals surface area contributed by atoms with Gasteiger partial charge < -0.3 is 60.3 Å². The number of pyridine rings is 8. The Labute approximate surface area is 844 Å². The van der Waals surface area contributed by atoms with E-state index in [1.807, 2.05) is 169 Å². The summed E-state index contributed by atoms with van der Waals surface area (Å²) in [6, 6.07) is 47.7. The smallest absolute Gasteiger partial charge is 0.276 e. The Balaban J connectivity index is 0.000000114. The molecule has 0 unspecified atom stereocenters. The highest BCUT2D eigenvalue weighted by Crippen LogP contribution is 2.38. The molecule has 20 heterocycles. The highest BCUT2D eigenvalue weighted by atomic mass is 19.3. The second-order valence-corrected chi connectivity index (χ2v) is 38.8. The van der Waals surface area contributed by atoms with Gasteiger partial charge in [0, 0.05) is 199 Å². The molecule has 0 bridgehead atoms. The van der Waals surface area contributed by atoms with Crippen LogP contribution in [0.4, 0.5) is 71.9 Å². The highest BCUT2D eigenvalue weighted by molar-refractivity contribution is 6.15. The molecular weight excluding hydrogens is 1840 g/mol. The third-order valence-electron chi connectivity index (χ3n) is 28.7. The molecule has 35 heteroatoms. The Morgan fingerprint density at radius 2 is 0.548 bits per heavy atom. The van der Waals surface area contributed by atoms with Crippen molar-refractivity contribution in [2.75, 3.05) is 173 Å².